The van der Waals surface area contributed by atoms with Gasteiger partial charge in [0.1, 0.15) is 5.02 Å². The van der Waals surface area contributed by atoms with Crippen LogP contribution in [0, 0.1) is 16.0 Å². The molecule has 1 heterocycles. The SMILES string of the molecule is C[C@H]1CCCN(C(=O)c2ccc(Cl)c([N+](=O)[O-])c2)C1. The summed E-state index contributed by atoms with van der Waals surface area (Å²) in [7, 11) is 0. The topological polar surface area (TPSA) is 63.5 Å². The third-order valence-corrected chi connectivity index (χ3v) is 3.65. The number of nitrogens with zero attached hydrogens (tertiary/aromatic N) is 2. The van der Waals surface area contributed by atoms with Gasteiger partial charge < -0.3 is 4.90 Å². The molecule has 0 saturated carbocycles. The molecule has 1 atom stereocenters. The molecule has 5 nitrogen and oxygen atoms in total. The number of rotatable bonds is 2. The lowest BCUT2D eigenvalue weighted by Gasteiger charge is -2.30. The maximum atomic E-state index is 12.3. The number of piperidine rings is 1. The van der Waals surface area contributed by atoms with Gasteiger partial charge in [0.05, 0.1) is 4.92 Å². The number of carbonyl (C=O) groups excluding carboxylic acids is 1. The zero-order valence-electron chi connectivity index (χ0n) is 10.6. The fourth-order valence-corrected chi connectivity index (χ4v) is 2.53. The predicted molar refractivity (Wildman–Crippen MR) is 72.4 cm³/mol. The van der Waals surface area contributed by atoms with Crippen molar-refractivity contribution in [3.8, 4) is 0 Å². The molecule has 1 amide bonds. The van der Waals surface area contributed by atoms with E-state index in [2.05, 4.69) is 6.92 Å². The van der Waals surface area contributed by atoms with Crippen LogP contribution in [0.2, 0.25) is 5.02 Å². The number of carbonyl (C=O) groups is 1. The van der Waals surface area contributed by atoms with Gasteiger partial charge in [-0.3, -0.25) is 14.9 Å². The van der Waals surface area contributed by atoms with Crippen LogP contribution in [0.4, 0.5) is 5.69 Å². The zero-order valence-corrected chi connectivity index (χ0v) is 11.4. The average molecular weight is 283 g/mol. The smallest absolute Gasteiger partial charge is 0.288 e. The number of hydrogen-bond donors (Lipinski definition) is 0. The lowest BCUT2D eigenvalue weighted by Crippen LogP contribution is -2.39. The van der Waals surface area contributed by atoms with Crippen molar-refractivity contribution in [3.05, 3.63) is 38.9 Å². The molecule has 0 spiro atoms. The standard InChI is InChI=1S/C13H15ClN2O3/c1-9-3-2-6-15(8-9)13(17)10-4-5-11(14)12(7-10)16(18)19/h4-5,7,9H,2-3,6,8H2,1H3/t9-/m0/s1. The number of hydrogen-bond acceptors (Lipinski definition) is 3. The Morgan fingerprint density at radius 2 is 2.26 bits per heavy atom. The molecule has 0 N–H and O–H groups in total. The minimum atomic E-state index is -0.571. The molecular weight excluding hydrogens is 268 g/mol. The molecule has 1 aliphatic heterocycles. The Kier molecular flexibility index (Phi) is 4.04. The summed E-state index contributed by atoms with van der Waals surface area (Å²) in [6, 6.07) is 4.20. The van der Waals surface area contributed by atoms with E-state index in [-0.39, 0.29) is 16.6 Å². The normalized spacial score (nSPS) is 19.3. The highest BCUT2D eigenvalue weighted by Crippen LogP contribution is 2.26. The van der Waals surface area contributed by atoms with Crippen LogP contribution in [0.1, 0.15) is 30.1 Å². The molecule has 0 aromatic heterocycles. The van der Waals surface area contributed by atoms with E-state index in [0.29, 0.717) is 24.6 Å². The second-order valence-corrected chi connectivity index (χ2v) is 5.33. The minimum Gasteiger partial charge on any atom is -0.338 e. The van der Waals surface area contributed by atoms with Crippen molar-refractivity contribution in [3.63, 3.8) is 0 Å². The summed E-state index contributed by atoms with van der Waals surface area (Å²) in [5, 5.41) is 10.9. The van der Waals surface area contributed by atoms with Crippen LogP contribution in [0.3, 0.4) is 0 Å². The maximum Gasteiger partial charge on any atom is 0.288 e. The first-order valence-electron chi connectivity index (χ1n) is 6.22. The van der Waals surface area contributed by atoms with Crippen LogP contribution >= 0.6 is 11.6 Å². The summed E-state index contributed by atoms with van der Waals surface area (Å²) in [5.74, 6) is 0.311. The number of nitro groups is 1. The van der Waals surface area contributed by atoms with Gasteiger partial charge in [-0.2, -0.15) is 0 Å². The summed E-state index contributed by atoms with van der Waals surface area (Å²) >= 11 is 5.74. The lowest BCUT2D eigenvalue weighted by atomic mass is 9.99. The van der Waals surface area contributed by atoms with Gasteiger partial charge in [0.25, 0.3) is 11.6 Å². The first-order chi connectivity index (χ1) is 8.99. The summed E-state index contributed by atoms with van der Waals surface area (Å²) < 4.78 is 0. The second-order valence-electron chi connectivity index (χ2n) is 4.92. The Hall–Kier alpha value is -1.62. The molecule has 1 aromatic carbocycles. The van der Waals surface area contributed by atoms with Crippen LogP contribution in [-0.4, -0.2) is 28.8 Å². The van der Waals surface area contributed by atoms with E-state index in [9.17, 15) is 14.9 Å². The molecular formula is C13H15ClN2O3. The number of benzene rings is 1. The van der Waals surface area contributed by atoms with Crippen LogP contribution in [0.5, 0.6) is 0 Å². The van der Waals surface area contributed by atoms with Gasteiger partial charge in [-0.05, 0) is 30.9 Å². The Morgan fingerprint density at radius 3 is 2.89 bits per heavy atom. The Bertz CT molecular complexity index is 519. The highest BCUT2D eigenvalue weighted by atomic mass is 35.5. The van der Waals surface area contributed by atoms with Gasteiger partial charge in [0.15, 0.2) is 0 Å². The summed E-state index contributed by atoms with van der Waals surface area (Å²) in [5.41, 5.74) is 0.0998. The first-order valence-corrected chi connectivity index (χ1v) is 6.60. The quantitative estimate of drug-likeness (QED) is 0.618. The zero-order chi connectivity index (χ0) is 14.0. The molecule has 6 heteroatoms. The lowest BCUT2D eigenvalue weighted by molar-refractivity contribution is -0.384. The van der Waals surface area contributed by atoms with Crippen molar-refractivity contribution in [2.24, 2.45) is 5.92 Å². The summed E-state index contributed by atoms with van der Waals surface area (Å²) in [6.07, 6.45) is 2.09. The summed E-state index contributed by atoms with van der Waals surface area (Å²) in [4.78, 5) is 24.3. The Labute approximate surface area is 116 Å². The van der Waals surface area contributed by atoms with E-state index < -0.39 is 4.92 Å². The van der Waals surface area contributed by atoms with E-state index in [1.807, 2.05) is 0 Å². The molecule has 1 fully saturated rings. The van der Waals surface area contributed by atoms with Gasteiger partial charge in [-0.1, -0.05) is 18.5 Å². The number of amides is 1. The number of likely N-dealkylation sites (tertiary alicyclic amines) is 1. The van der Waals surface area contributed by atoms with Crippen LogP contribution in [0.25, 0.3) is 0 Å². The van der Waals surface area contributed by atoms with Gasteiger partial charge >= 0.3 is 0 Å². The molecule has 2 rings (SSSR count). The maximum absolute atomic E-state index is 12.3. The van der Waals surface area contributed by atoms with Gasteiger partial charge in [0.2, 0.25) is 0 Å². The van der Waals surface area contributed by atoms with Crippen molar-refractivity contribution < 1.29 is 9.72 Å². The predicted octanol–water partition coefficient (Wildman–Crippen LogP) is 3.12. The number of halogens is 1. The summed E-state index contributed by atoms with van der Waals surface area (Å²) in [6.45, 7) is 3.51. The van der Waals surface area contributed by atoms with Crippen molar-refractivity contribution in [1.29, 1.82) is 0 Å². The third kappa shape index (κ3) is 3.04. The van der Waals surface area contributed by atoms with E-state index in [1.54, 1.807) is 4.90 Å². The van der Waals surface area contributed by atoms with Crippen molar-refractivity contribution in [1.82, 2.24) is 4.90 Å². The Balaban J connectivity index is 2.24. The van der Waals surface area contributed by atoms with E-state index in [0.717, 1.165) is 12.8 Å². The molecule has 0 unspecified atom stereocenters. The van der Waals surface area contributed by atoms with Crippen LogP contribution in [-0.2, 0) is 0 Å². The van der Waals surface area contributed by atoms with Gasteiger partial charge in [-0.25, -0.2) is 0 Å². The van der Waals surface area contributed by atoms with Gasteiger partial charge in [-0.15, -0.1) is 0 Å². The number of nitro benzene ring substituents is 1. The van der Waals surface area contributed by atoms with Crippen molar-refractivity contribution >= 4 is 23.2 Å². The van der Waals surface area contributed by atoms with E-state index in [1.165, 1.54) is 18.2 Å². The van der Waals surface area contributed by atoms with E-state index >= 15 is 0 Å². The minimum absolute atomic E-state index is 0.0496. The molecule has 102 valence electrons. The molecule has 0 aliphatic carbocycles. The highest BCUT2D eigenvalue weighted by Gasteiger charge is 2.24. The van der Waals surface area contributed by atoms with Crippen LogP contribution < -0.4 is 0 Å². The van der Waals surface area contributed by atoms with Crippen LogP contribution in [0.15, 0.2) is 18.2 Å². The Morgan fingerprint density at radius 1 is 1.53 bits per heavy atom. The van der Waals surface area contributed by atoms with Gasteiger partial charge in [0, 0.05) is 24.7 Å². The van der Waals surface area contributed by atoms with Crippen molar-refractivity contribution in [2.75, 3.05) is 13.1 Å². The first kappa shape index (κ1) is 13.8. The van der Waals surface area contributed by atoms with Crippen molar-refractivity contribution in [2.45, 2.75) is 19.8 Å². The monoisotopic (exact) mass is 282 g/mol. The highest BCUT2D eigenvalue weighted by molar-refractivity contribution is 6.32. The molecule has 1 aromatic rings. The molecule has 1 saturated heterocycles. The average Bonchev–Trinajstić information content (AvgIpc) is 2.38. The molecule has 0 bridgehead atoms. The second kappa shape index (κ2) is 5.57. The fourth-order valence-electron chi connectivity index (χ4n) is 2.34. The third-order valence-electron chi connectivity index (χ3n) is 3.33. The molecule has 19 heavy (non-hydrogen) atoms. The largest absolute Gasteiger partial charge is 0.338 e. The van der Waals surface area contributed by atoms with E-state index in [4.69, 9.17) is 11.6 Å². The molecule has 1 aliphatic rings. The fraction of sp³-hybridized carbons (Fsp3) is 0.462. The molecule has 0 radical (unpaired) electrons.